The van der Waals surface area contributed by atoms with Gasteiger partial charge in [0.1, 0.15) is 11.1 Å². The number of imidazole rings is 1. The lowest BCUT2D eigenvalue weighted by Crippen LogP contribution is -2.42. The van der Waals surface area contributed by atoms with Crippen LogP contribution in [0.25, 0.3) is 17.8 Å². The number of hydrogen-bond donors (Lipinski definition) is 2. The Morgan fingerprint density at radius 1 is 0.891 bits per heavy atom. The van der Waals surface area contributed by atoms with Gasteiger partial charge >= 0.3 is 0 Å². The first-order chi connectivity index (χ1) is 22.1. The fraction of sp³-hybridized carbons (Fsp3) is 0.189. The zero-order valence-electron chi connectivity index (χ0n) is 26.0. The van der Waals surface area contributed by atoms with Crippen molar-refractivity contribution in [3.05, 3.63) is 143 Å². The van der Waals surface area contributed by atoms with Crippen LogP contribution in [0.4, 0.5) is 0 Å². The molecule has 2 atom stereocenters. The minimum atomic E-state index is -1.19. The summed E-state index contributed by atoms with van der Waals surface area (Å²) < 4.78 is 1.99. The van der Waals surface area contributed by atoms with Crippen molar-refractivity contribution in [3.63, 3.8) is 0 Å². The molecule has 9 nitrogen and oxygen atoms in total. The second-order valence-electron chi connectivity index (χ2n) is 12.8. The maximum absolute atomic E-state index is 14.8. The van der Waals surface area contributed by atoms with Gasteiger partial charge in [-0.2, -0.15) is 0 Å². The molecule has 0 spiro atoms. The monoisotopic (exact) mass is 604 g/mol. The summed E-state index contributed by atoms with van der Waals surface area (Å²) in [5.74, 6) is 0.00844. The Bertz CT molecular complexity index is 2270. The third-order valence-electron chi connectivity index (χ3n) is 9.12. The predicted octanol–water partition coefficient (Wildman–Crippen LogP) is 3.96. The van der Waals surface area contributed by atoms with Crippen molar-refractivity contribution < 1.29 is 4.79 Å². The standard InChI is InChI=1S/C37H32N8O/c1-23-20-38-13-11-31(23)45-21-33(40-22-45)36-12-9-29(43-36)17-28-6-5-26(41-28)16-27-7-8-30(42-27)18-37(25-10-14-39-24(2)15-25)34(46)35(3,4)32(19-36)44-37/h5-22,41,44H,1-4H3. The van der Waals surface area contributed by atoms with Crippen molar-refractivity contribution in [1.82, 2.24) is 29.8 Å². The molecule has 2 N–H and O–H groups in total. The van der Waals surface area contributed by atoms with Crippen molar-refractivity contribution in [3.8, 4) is 5.69 Å². The summed E-state index contributed by atoms with van der Waals surface area (Å²) in [5, 5.41) is 5.55. The van der Waals surface area contributed by atoms with Crippen LogP contribution in [0.1, 0.15) is 36.4 Å². The fourth-order valence-electron chi connectivity index (χ4n) is 6.64. The SMILES string of the molecule is Cc1cc(C23C=C4C=CC(=N4)C=c4ccc([nH]4)=CC4=NC(c5cn(-c6ccncc6C)cn5)(C=C4)C=C(N2)C(C)(C)C3=O)ccn1. The average Bonchev–Trinajstić information content (AvgIpc) is 3.86. The maximum atomic E-state index is 14.8. The van der Waals surface area contributed by atoms with Crippen LogP contribution in [0.5, 0.6) is 0 Å². The van der Waals surface area contributed by atoms with Crippen LogP contribution in [-0.4, -0.2) is 41.7 Å². The molecule has 4 aliphatic rings. The molecule has 0 saturated carbocycles. The number of rotatable bonds is 3. The number of aromatic amines is 1. The summed E-state index contributed by atoms with van der Waals surface area (Å²) in [5.41, 5.74) is 4.33. The van der Waals surface area contributed by atoms with Crippen LogP contribution >= 0.6 is 0 Å². The second-order valence-corrected chi connectivity index (χ2v) is 12.8. The Kier molecular flexibility index (Phi) is 5.99. The number of carbonyl (C=O) groups is 1. The maximum Gasteiger partial charge on any atom is 0.178 e. The Labute approximate surface area is 266 Å². The smallest absolute Gasteiger partial charge is 0.178 e. The van der Waals surface area contributed by atoms with Crippen molar-refractivity contribution in [1.29, 1.82) is 0 Å². The number of ketones is 1. The molecule has 0 amide bonds. The summed E-state index contributed by atoms with van der Waals surface area (Å²) in [6, 6.07) is 9.88. The zero-order chi connectivity index (χ0) is 31.7. The number of Topliss-reactive ketones (excluding diaryl/α,β-unsaturated/α-hetero) is 1. The van der Waals surface area contributed by atoms with Crippen molar-refractivity contribution in [2.45, 2.75) is 38.8 Å². The van der Waals surface area contributed by atoms with Crippen molar-refractivity contribution in [2.24, 2.45) is 15.4 Å². The lowest BCUT2D eigenvalue weighted by atomic mass is 9.76. The van der Waals surface area contributed by atoms with E-state index in [1.54, 1.807) is 18.7 Å². The molecule has 1 fully saturated rings. The van der Waals surface area contributed by atoms with E-state index in [-0.39, 0.29) is 5.78 Å². The van der Waals surface area contributed by atoms with Gasteiger partial charge in [-0.05, 0) is 118 Å². The number of aliphatic imine (C=N–C) groups is 2. The van der Waals surface area contributed by atoms with E-state index >= 15 is 0 Å². The summed E-state index contributed by atoms with van der Waals surface area (Å²) in [6.07, 6.45) is 25.1. The summed E-state index contributed by atoms with van der Waals surface area (Å²) in [4.78, 5) is 42.0. The third-order valence-corrected chi connectivity index (χ3v) is 9.12. The molecule has 46 heavy (non-hydrogen) atoms. The third kappa shape index (κ3) is 4.38. The van der Waals surface area contributed by atoms with E-state index < -0.39 is 16.5 Å². The first-order valence-corrected chi connectivity index (χ1v) is 15.3. The van der Waals surface area contributed by atoms with Gasteiger partial charge in [0, 0.05) is 46.9 Å². The number of pyridine rings is 2. The highest BCUT2D eigenvalue weighted by Crippen LogP contribution is 2.48. The number of H-pyrrole nitrogens is 1. The minimum absolute atomic E-state index is 0.00844. The summed E-state index contributed by atoms with van der Waals surface area (Å²) in [6.45, 7) is 7.88. The van der Waals surface area contributed by atoms with E-state index in [4.69, 9.17) is 15.0 Å². The molecule has 226 valence electrons. The molecule has 0 radical (unpaired) electrons. The number of aromatic nitrogens is 5. The van der Waals surface area contributed by atoms with Gasteiger partial charge in [-0.1, -0.05) is 0 Å². The number of allylic oxidation sites excluding steroid dienone is 4. The van der Waals surface area contributed by atoms with Gasteiger partial charge in [-0.3, -0.25) is 19.8 Å². The fourth-order valence-corrected chi connectivity index (χ4v) is 6.64. The number of nitrogens with one attached hydrogen (secondary N) is 2. The van der Waals surface area contributed by atoms with Crippen LogP contribution in [0, 0.1) is 19.3 Å². The quantitative estimate of drug-likeness (QED) is 0.368. The molecule has 4 aliphatic heterocycles. The second kappa shape index (κ2) is 9.90. The Morgan fingerprint density at radius 3 is 2.52 bits per heavy atom. The van der Waals surface area contributed by atoms with Crippen LogP contribution in [0.3, 0.4) is 0 Å². The van der Waals surface area contributed by atoms with Crippen LogP contribution in [-0.2, 0) is 15.9 Å². The van der Waals surface area contributed by atoms with Crippen molar-refractivity contribution in [2.75, 3.05) is 0 Å². The largest absolute Gasteiger partial charge is 0.369 e. The number of nitrogens with zero attached hydrogens (tertiary/aromatic N) is 6. The van der Waals surface area contributed by atoms with Crippen molar-refractivity contribution >= 4 is 29.4 Å². The molecule has 1 saturated heterocycles. The number of hydrogen-bond acceptors (Lipinski definition) is 7. The first kappa shape index (κ1) is 27.8. The van der Waals surface area contributed by atoms with E-state index in [1.165, 1.54) is 0 Å². The van der Waals surface area contributed by atoms with E-state index in [0.717, 1.165) is 56.0 Å². The molecule has 0 aromatic carbocycles. The van der Waals surface area contributed by atoms with E-state index in [2.05, 4.69) is 32.4 Å². The van der Waals surface area contributed by atoms with Gasteiger partial charge in [0.25, 0.3) is 0 Å². The van der Waals surface area contributed by atoms with E-state index in [9.17, 15) is 4.79 Å². The topological polar surface area (TPSA) is 113 Å². The summed E-state index contributed by atoms with van der Waals surface area (Å²) in [7, 11) is 0. The minimum Gasteiger partial charge on any atom is -0.369 e. The predicted molar refractivity (Wildman–Crippen MR) is 179 cm³/mol. The molecule has 4 aromatic rings. The highest BCUT2D eigenvalue weighted by molar-refractivity contribution is 6.20. The normalized spacial score (nSPS) is 24.0. The number of aryl methyl sites for hydroxylation is 2. The average molecular weight is 605 g/mol. The van der Waals surface area contributed by atoms with Crippen LogP contribution < -0.4 is 16.0 Å². The molecular weight excluding hydrogens is 572 g/mol. The van der Waals surface area contributed by atoms with E-state index in [1.807, 2.05) is 111 Å². The van der Waals surface area contributed by atoms with Crippen LogP contribution in [0.2, 0.25) is 0 Å². The zero-order valence-corrected chi connectivity index (χ0v) is 26.0. The number of carbonyl (C=O) groups excluding carboxylic acids is 1. The number of fused-ring (bicyclic) bond motifs is 6. The molecule has 8 rings (SSSR count). The van der Waals surface area contributed by atoms with E-state index in [0.29, 0.717) is 5.70 Å². The molecule has 8 bridgehead atoms. The first-order valence-electron chi connectivity index (χ1n) is 15.3. The molecule has 8 heterocycles. The van der Waals surface area contributed by atoms with Crippen LogP contribution in [0.15, 0.2) is 119 Å². The van der Waals surface area contributed by atoms with Gasteiger partial charge < -0.3 is 14.9 Å². The van der Waals surface area contributed by atoms with Gasteiger partial charge in [0.2, 0.25) is 0 Å². The molecule has 2 unspecified atom stereocenters. The van der Waals surface area contributed by atoms with Gasteiger partial charge in [-0.15, -0.1) is 0 Å². The van der Waals surface area contributed by atoms with Gasteiger partial charge in [0.15, 0.2) is 5.78 Å². The van der Waals surface area contributed by atoms with Gasteiger partial charge in [-0.25, -0.2) is 9.98 Å². The highest BCUT2D eigenvalue weighted by Gasteiger charge is 2.56. The Balaban J connectivity index is 1.39. The summed E-state index contributed by atoms with van der Waals surface area (Å²) >= 11 is 0. The Hall–Kier alpha value is -5.70. The highest BCUT2D eigenvalue weighted by atomic mass is 16.1. The lowest BCUT2D eigenvalue weighted by molar-refractivity contribution is -0.127. The molecular formula is C37H32N8O. The van der Waals surface area contributed by atoms with Gasteiger partial charge in [0.05, 0.1) is 40.2 Å². The molecule has 4 aromatic heterocycles. The Morgan fingerprint density at radius 2 is 1.72 bits per heavy atom. The molecule has 9 heteroatoms. The molecule has 0 aliphatic carbocycles. The lowest BCUT2D eigenvalue weighted by Gasteiger charge is -2.27.